The summed E-state index contributed by atoms with van der Waals surface area (Å²) >= 11 is 0. The minimum absolute atomic E-state index is 0.212. The fraction of sp³-hybridized carbons (Fsp3) is 0.375. The number of β-amino-alcohol motifs (C(OH)–C–C–N with tert-alkyl or cyclic N) is 1. The van der Waals surface area contributed by atoms with Crippen LogP contribution in [0.1, 0.15) is 41.3 Å². The van der Waals surface area contributed by atoms with Gasteiger partial charge in [-0.3, -0.25) is 0 Å². The lowest BCUT2D eigenvalue weighted by Gasteiger charge is -2.60. The Hall–Kier alpha value is -2.96. The number of aromatic amines is 1. The molecule has 4 unspecified atom stereocenters. The summed E-state index contributed by atoms with van der Waals surface area (Å²) in [6.45, 7) is 2.84. The summed E-state index contributed by atoms with van der Waals surface area (Å²) in [5, 5.41) is 16.5. The van der Waals surface area contributed by atoms with Gasteiger partial charge in [-0.1, -0.05) is 78.9 Å². The predicted molar refractivity (Wildman–Crippen MR) is 144 cm³/mol. The van der Waals surface area contributed by atoms with E-state index < -0.39 is 5.60 Å². The van der Waals surface area contributed by atoms with Crippen LogP contribution in [0.5, 0.6) is 0 Å². The average molecular weight is 495 g/mol. The Morgan fingerprint density at radius 2 is 1.41 bits per heavy atom. The number of rotatable bonds is 8. The Kier molecular flexibility index (Phi) is 5.70. The highest BCUT2D eigenvalue weighted by Crippen LogP contribution is 2.62. The first-order chi connectivity index (χ1) is 18.2. The van der Waals surface area contributed by atoms with Crippen LogP contribution < -0.4 is 5.32 Å². The van der Waals surface area contributed by atoms with E-state index in [9.17, 15) is 5.11 Å². The number of ether oxygens (including phenoxy) is 2. The molecule has 3 aromatic carbocycles. The third-order valence-electron chi connectivity index (χ3n) is 9.14. The molecule has 1 aromatic heterocycles. The number of para-hydroxylation sites is 1. The van der Waals surface area contributed by atoms with E-state index in [1.807, 2.05) is 12.1 Å². The molecule has 7 rings (SSSR count). The lowest BCUT2D eigenvalue weighted by Crippen LogP contribution is -2.67. The van der Waals surface area contributed by atoms with E-state index >= 15 is 0 Å². The summed E-state index contributed by atoms with van der Waals surface area (Å²) in [7, 11) is 0. The third kappa shape index (κ3) is 3.84. The number of H-pyrrole nitrogens is 1. The van der Waals surface area contributed by atoms with Crippen molar-refractivity contribution < 1.29 is 14.6 Å². The molecule has 4 atom stereocenters. The molecule has 1 saturated carbocycles. The number of aromatic nitrogens is 1. The third-order valence-corrected chi connectivity index (χ3v) is 9.14. The highest BCUT2D eigenvalue weighted by molar-refractivity contribution is 5.86. The number of nitrogens with one attached hydrogen (secondary N) is 2. The molecule has 5 heteroatoms. The van der Waals surface area contributed by atoms with E-state index in [0.29, 0.717) is 33.0 Å². The molecule has 2 fully saturated rings. The standard InChI is InChI=1S/C32H34N2O3/c35-32-16-26-25(32)15-28(33-19-32)29-24-13-7-8-14-27(24)34-30(29)31(26,20-36-17-22-9-3-1-4-10-22)21-37-18-23-11-5-2-6-12-23/h1-14,25-26,28,33-35H,15-21H2. The zero-order chi connectivity index (χ0) is 24.9. The molecule has 37 heavy (non-hydrogen) atoms. The number of aliphatic hydroxyl groups is 1. The second-order valence-corrected chi connectivity index (χ2v) is 11.3. The maximum atomic E-state index is 11.5. The van der Waals surface area contributed by atoms with Crippen LogP contribution in [-0.2, 0) is 28.1 Å². The van der Waals surface area contributed by atoms with Gasteiger partial charge in [0.1, 0.15) is 0 Å². The Morgan fingerprint density at radius 3 is 2.08 bits per heavy atom. The minimum Gasteiger partial charge on any atom is -0.388 e. The van der Waals surface area contributed by atoms with Gasteiger partial charge in [-0.2, -0.15) is 0 Å². The molecular weight excluding hydrogens is 460 g/mol. The quantitative estimate of drug-likeness (QED) is 0.313. The Labute approximate surface area is 217 Å². The highest BCUT2D eigenvalue weighted by Gasteiger charge is 2.65. The average Bonchev–Trinajstić information content (AvgIpc) is 3.30. The molecule has 4 aromatic rings. The van der Waals surface area contributed by atoms with Gasteiger partial charge >= 0.3 is 0 Å². The molecule has 0 spiro atoms. The zero-order valence-electron chi connectivity index (χ0n) is 21.0. The molecule has 5 nitrogen and oxygen atoms in total. The van der Waals surface area contributed by atoms with Crippen molar-refractivity contribution in [2.24, 2.45) is 11.8 Å². The molecular formula is C32H34N2O3. The van der Waals surface area contributed by atoms with Gasteiger partial charge in [-0.05, 0) is 47.4 Å². The van der Waals surface area contributed by atoms with Gasteiger partial charge in [-0.25, -0.2) is 0 Å². The molecule has 0 radical (unpaired) electrons. The summed E-state index contributed by atoms with van der Waals surface area (Å²) in [6, 6.07) is 29.5. The number of benzene rings is 3. The van der Waals surface area contributed by atoms with Crippen LogP contribution in [0.15, 0.2) is 84.9 Å². The second-order valence-electron chi connectivity index (χ2n) is 11.3. The van der Waals surface area contributed by atoms with Crippen molar-refractivity contribution in [2.45, 2.75) is 43.1 Å². The minimum atomic E-state index is -0.648. The number of fused-ring (bicyclic) bond motifs is 5. The fourth-order valence-corrected chi connectivity index (χ4v) is 7.27. The number of piperidine rings is 1. The maximum absolute atomic E-state index is 11.5. The van der Waals surface area contributed by atoms with Crippen molar-refractivity contribution in [1.29, 1.82) is 0 Å². The first kappa shape index (κ1) is 23.2. The second kappa shape index (κ2) is 9.10. The van der Waals surface area contributed by atoms with Crippen molar-refractivity contribution in [1.82, 2.24) is 10.3 Å². The van der Waals surface area contributed by atoms with Gasteiger partial charge in [0.2, 0.25) is 0 Å². The number of hydrogen-bond acceptors (Lipinski definition) is 4. The van der Waals surface area contributed by atoms with Crippen LogP contribution in [0, 0.1) is 11.8 Å². The fourth-order valence-electron chi connectivity index (χ4n) is 7.27. The van der Waals surface area contributed by atoms with E-state index in [2.05, 4.69) is 83.1 Å². The van der Waals surface area contributed by atoms with Crippen molar-refractivity contribution in [2.75, 3.05) is 19.8 Å². The molecule has 190 valence electrons. The highest BCUT2D eigenvalue weighted by atomic mass is 16.5. The monoisotopic (exact) mass is 494 g/mol. The maximum Gasteiger partial charge on any atom is 0.0806 e. The van der Waals surface area contributed by atoms with E-state index in [4.69, 9.17) is 9.47 Å². The van der Waals surface area contributed by atoms with Crippen LogP contribution in [0.2, 0.25) is 0 Å². The molecule has 2 aliphatic carbocycles. The SMILES string of the molecule is OC12CNC3CC1C(C2)C(COCc1ccccc1)(COCc1ccccc1)c1[nH]c2ccccc2c13. The smallest absolute Gasteiger partial charge is 0.0806 e. The van der Waals surface area contributed by atoms with Gasteiger partial charge in [0, 0.05) is 29.2 Å². The molecule has 1 saturated heterocycles. The van der Waals surface area contributed by atoms with Crippen molar-refractivity contribution >= 4 is 10.9 Å². The Bertz CT molecular complexity index is 1340. The molecule has 2 heterocycles. The largest absolute Gasteiger partial charge is 0.388 e. The van der Waals surface area contributed by atoms with Crippen LogP contribution in [0.3, 0.4) is 0 Å². The summed E-state index contributed by atoms with van der Waals surface area (Å²) in [5.41, 5.74) is 5.02. The van der Waals surface area contributed by atoms with E-state index in [-0.39, 0.29) is 23.3 Å². The first-order valence-corrected chi connectivity index (χ1v) is 13.5. The Morgan fingerprint density at radius 1 is 0.784 bits per heavy atom. The topological polar surface area (TPSA) is 66.5 Å². The van der Waals surface area contributed by atoms with Gasteiger partial charge in [0.05, 0.1) is 37.4 Å². The molecule has 3 aliphatic rings. The van der Waals surface area contributed by atoms with Gasteiger partial charge in [0.25, 0.3) is 0 Å². The van der Waals surface area contributed by atoms with Crippen LogP contribution in [0.4, 0.5) is 0 Å². The van der Waals surface area contributed by atoms with Crippen LogP contribution >= 0.6 is 0 Å². The summed E-state index contributed by atoms with van der Waals surface area (Å²) < 4.78 is 13.1. The van der Waals surface area contributed by atoms with Crippen molar-refractivity contribution in [3.05, 3.63) is 107 Å². The number of hydrogen-bond donors (Lipinski definition) is 3. The molecule has 0 amide bonds. The Balaban J connectivity index is 1.30. The van der Waals surface area contributed by atoms with E-state index in [1.54, 1.807) is 0 Å². The lowest BCUT2D eigenvalue weighted by atomic mass is 9.50. The molecule has 2 bridgehead atoms. The summed E-state index contributed by atoms with van der Waals surface area (Å²) in [4.78, 5) is 3.84. The van der Waals surface area contributed by atoms with E-state index in [1.165, 1.54) is 27.8 Å². The predicted octanol–water partition coefficient (Wildman–Crippen LogP) is 5.25. The van der Waals surface area contributed by atoms with Crippen molar-refractivity contribution in [3.63, 3.8) is 0 Å². The zero-order valence-corrected chi connectivity index (χ0v) is 21.0. The summed E-state index contributed by atoms with van der Waals surface area (Å²) in [5.74, 6) is 0.502. The van der Waals surface area contributed by atoms with E-state index in [0.717, 1.165) is 18.4 Å². The van der Waals surface area contributed by atoms with Gasteiger partial charge < -0.3 is 24.9 Å². The van der Waals surface area contributed by atoms with Crippen LogP contribution in [-0.4, -0.2) is 35.5 Å². The molecule has 3 N–H and O–H groups in total. The molecule has 1 aliphatic heterocycles. The van der Waals surface area contributed by atoms with Crippen LogP contribution in [0.25, 0.3) is 10.9 Å². The van der Waals surface area contributed by atoms with Gasteiger partial charge in [-0.15, -0.1) is 0 Å². The first-order valence-electron chi connectivity index (χ1n) is 13.5. The van der Waals surface area contributed by atoms with Crippen molar-refractivity contribution in [3.8, 4) is 0 Å². The lowest BCUT2D eigenvalue weighted by molar-refractivity contribution is -0.193. The summed E-state index contributed by atoms with van der Waals surface area (Å²) in [6.07, 6.45) is 1.70. The normalized spacial score (nSPS) is 27.3. The van der Waals surface area contributed by atoms with Gasteiger partial charge in [0.15, 0.2) is 0 Å².